The monoisotopic (exact) mass is 348 g/mol. The van der Waals surface area contributed by atoms with Crippen molar-refractivity contribution < 1.29 is 0 Å². The molecule has 2 N–H and O–H groups in total. The summed E-state index contributed by atoms with van der Waals surface area (Å²) >= 11 is 3.53. The number of nitrogens with two attached hydrogens (primary N) is 1. The summed E-state index contributed by atoms with van der Waals surface area (Å²) in [5, 5.41) is 10.8. The Morgan fingerprint density at radius 3 is 2.21 bits per heavy atom. The molecule has 2 nitrogen and oxygen atoms in total. The molecule has 0 fully saturated rings. The largest absolute Gasteiger partial charge is 0.389 e. The van der Waals surface area contributed by atoms with Gasteiger partial charge in [-0.15, -0.1) is 23.1 Å². The second-order valence-corrected chi connectivity index (χ2v) is 8.22. The standard InChI is InChI=1S/C20H16N2S2/c21-12-16-15-11-17(13-7-3-1-4-8-13)23-18(19(15)24-20(16)22)14-9-5-2-6-10-14/h1-10,17-18H,11,22H2/t17-,18-/m0/s1. The summed E-state index contributed by atoms with van der Waals surface area (Å²) in [5.74, 6) is 0. The van der Waals surface area contributed by atoms with Gasteiger partial charge in [-0.25, -0.2) is 0 Å². The molecule has 0 saturated carbocycles. The van der Waals surface area contributed by atoms with Crippen LogP contribution in [0.15, 0.2) is 60.7 Å². The molecule has 2 aromatic carbocycles. The highest BCUT2D eigenvalue weighted by molar-refractivity contribution is 8.00. The molecule has 0 aliphatic carbocycles. The SMILES string of the molecule is N#Cc1c(N)sc2c1C[C@@H](c1ccccc1)S[C@H]2c1ccccc1. The molecule has 3 aromatic rings. The Bertz CT molecular complexity index is 895. The van der Waals surface area contributed by atoms with Crippen LogP contribution >= 0.6 is 23.1 Å². The van der Waals surface area contributed by atoms with E-state index in [4.69, 9.17) is 5.73 Å². The molecule has 4 rings (SSSR count). The Morgan fingerprint density at radius 1 is 0.958 bits per heavy atom. The summed E-state index contributed by atoms with van der Waals surface area (Å²) in [7, 11) is 0. The minimum atomic E-state index is 0.231. The predicted octanol–water partition coefficient (Wildman–Crippen LogP) is 5.32. The van der Waals surface area contributed by atoms with Crippen molar-refractivity contribution in [3.05, 3.63) is 87.8 Å². The lowest BCUT2D eigenvalue weighted by Gasteiger charge is -2.29. The van der Waals surface area contributed by atoms with E-state index in [0.717, 1.165) is 12.0 Å². The Hall–Kier alpha value is -2.22. The van der Waals surface area contributed by atoms with Crippen molar-refractivity contribution >= 4 is 28.1 Å². The second kappa shape index (κ2) is 6.35. The fourth-order valence-electron chi connectivity index (χ4n) is 3.22. The van der Waals surface area contributed by atoms with Crippen molar-refractivity contribution in [1.29, 1.82) is 5.26 Å². The van der Waals surface area contributed by atoms with E-state index in [1.54, 1.807) is 11.3 Å². The molecule has 0 saturated heterocycles. The highest BCUT2D eigenvalue weighted by atomic mass is 32.2. The summed E-state index contributed by atoms with van der Waals surface area (Å²) < 4.78 is 0. The highest BCUT2D eigenvalue weighted by Gasteiger charge is 2.34. The lowest BCUT2D eigenvalue weighted by Crippen LogP contribution is -2.12. The Kier molecular flexibility index (Phi) is 4.05. The van der Waals surface area contributed by atoms with E-state index < -0.39 is 0 Å². The minimum Gasteiger partial charge on any atom is -0.389 e. The van der Waals surface area contributed by atoms with Gasteiger partial charge in [0, 0.05) is 10.1 Å². The van der Waals surface area contributed by atoms with Crippen LogP contribution in [0.5, 0.6) is 0 Å². The molecule has 0 bridgehead atoms. The first-order chi connectivity index (χ1) is 11.8. The van der Waals surface area contributed by atoms with Crippen molar-refractivity contribution in [2.24, 2.45) is 0 Å². The maximum atomic E-state index is 9.55. The number of thioether (sulfide) groups is 1. The first-order valence-electron chi connectivity index (χ1n) is 7.84. The van der Waals surface area contributed by atoms with Crippen LogP contribution in [0.4, 0.5) is 5.00 Å². The van der Waals surface area contributed by atoms with Crippen molar-refractivity contribution in [3.8, 4) is 6.07 Å². The zero-order chi connectivity index (χ0) is 16.5. The van der Waals surface area contributed by atoms with E-state index in [9.17, 15) is 5.26 Å². The maximum absolute atomic E-state index is 9.55. The lowest BCUT2D eigenvalue weighted by atomic mass is 9.97. The number of thiophene rings is 1. The van der Waals surface area contributed by atoms with Gasteiger partial charge in [0.2, 0.25) is 0 Å². The van der Waals surface area contributed by atoms with Crippen molar-refractivity contribution in [2.75, 3.05) is 5.73 Å². The fourth-order valence-corrected chi connectivity index (χ4v) is 6.08. The molecule has 1 aliphatic heterocycles. The maximum Gasteiger partial charge on any atom is 0.104 e. The molecular formula is C20H16N2S2. The molecule has 2 heterocycles. The van der Waals surface area contributed by atoms with E-state index in [1.807, 2.05) is 23.9 Å². The van der Waals surface area contributed by atoms with Gasteiger partial charge < -0.3 is 5.73 Å². The molecule has 24 heavy (non-hydrogen) atoms. The second-order valence-electron chi connectivity index (χ2n) is 5.83. The Morgan fingerprint density at radius 2 is 1.58 bits per heavy atom. The zero-order valence-corrected chi connectivity index (χ0v) is 14.6. The van der Waals surface area contributed by atoms with E-state index >= 15 is 0 Å². The number of rotatable bonds is 2. The number of benzene rings is 2. The summed E-state index contributed by atoms with van der Waals surface area (Å²) in [5.41, 5.74) is 10.5. The van der Waals surface area contributed by atoms with Gasteiger partial charge in [0.1, 0.15) is 11.1 Å². The van der Waals surface area contributed by atoms with Crippen LogP contribution in [0, 0.1) is 11.3 Å². The number of nitrogen functional groups attached to an aromatic ring is 1. The van der Waals surface area contributed by atoms with Crippen molar-refractivity contribution in [1.82, 2.24) is 0 Å². The molecule has 0 spiro atoms. The minimum absolute atomic E-state index is 0.231. The van der Waals surface area contributed by atoms with Crippen molar-refractivity contribution in [3.63, 3.8) is 0 Å². The number of nitrogens with zero attached hydrogens (tertiary/aromatic N) is 1. The van der Waals surface area contributed by atoms with Crippen LogP contribution in [0.25, 0.3) is 0 Å². The summed E-state index contributed by atoms with van der Waals surface area (Å²) in [6, 6.07) is 23.4. The fraction of sp³-hybridized carbons (Fsp3) is 0.150. The summed E-state index contributed by atoms with van der Waals surface area (Å²) in [6.45, 7) is 0. The van der Waals surface area contributed by atoms with Gasteiger partial charge in [-0.05, 0) is 23.1 Å². The van der Waals surface area contributed by atoms with E-state index in [0.29, 0.717) is 15.8 Å². The normalized spacial score (nSPS) is 19.5. The van der Waals surface area contributed by atoms with E-state index in [1.165, 1.54) is 16.0 Å². The number of hydrogen-bond donors (Lipinski definition) is 1. The molecule has 0 amide bonds. The third kappa shape index (κ3) is 2.60. The lowest BCUT2D eigenvalue weighted by molar-refractivity contribution is 0.886. The quantitative estimate of drug-likeness (QED) is 0.681. The highest BCUT2D eigenvalue weighted by Crippen LogP contribution is 2.55. The molecule has 1 aliphatic rings. The Labute approximate surface area is 149 Å². The number of anilines is 1. The van der Waals surface area contributed by atoms with Gasteiger partial charge in [0.25, 0.3) is 0 Å². The molecule has 118 valence electrons. The van der Waals surface area contributed by atoms with Crippen LogP contribution in [0.3, 0.4) is 0 Å². The number of hydrogen-bond acceptors (Lipinski definition) is 4. The molecule has 0 unspecified atom stereocenters. The van der Waals surface area contributed by atoms with Gasteiger partial charge in [0.15, 0.2) is 0 Å². The van der Waals surface area contributed by atoms with Gasteiger partial charge in [-0.3, -0.25) is 0 Å². The van der Waals surface area contributed by atoms with Crippen LogP contribution < -0.4 is 5.73 Å². The van der Waals surface area contributed by atoms with Crippen LogP contribution in [-0.2, 0) is 6.42 Å². The summed E-state index contributed by atoms with van der Waals surface area (Å²) in [6.07, 6.45) is 0.865. The third-order valence-electron chi connectivity index (χ3n) is 4.38. The predicted molar refractivity (Wildman–Crippen MR) is 102 cm³/mol. The number of nitriles is 1. The van der Waals surface area contributed by atoms with Crippen LogP contribution in [0.1, 0.15) is 37.6 Å². The third-order valence-corrected chi connectivity index (χ3v) is 7.20. The van der Waals surface area contributed by atoms with Gasteiger partial charge in [0.05, 0.1) is 10.8 Å². The van der Waals surface area contributed by atoms with Gasteiger partial charge >= 0.3 is 0 Å². The smallest absolute Gasteiger partial charge is 0.104 e. The zero-order valence-electron chi connectivity index (χ0n) is 13.0. The first kappa shape index (κ1) is 15.3. The van der Waals surface area contributed by atoms with Gasteiger partial charge in [-0.1, -0.05) is 60.7 Å². The average Bonchev–Trinajstić information content (AvgIpc) is 2.97. The molecule has 2 atom stereocenters. The molecule has 4 heteroatoms. The van der Waals surface area contributed by atoms with Gasteiger partial charge in [-0.2, -0.15) is 5.26 Å². The van der Waals surface area contributed by atoms with Crippen molar-refractivity contribution in [2.45, 2.75) is 16.9 Å². The molecule has 0 radical (unpaired) electrons. The van der Waals surface area contributed by atoms with E-state index in [-0.39, 0.29) is 5.25 Å². The number of fused-ring (bicyclic) bond motifs is 1. The Balaban J connectivity index is 1.84. The summed E-state index contributed by atoms with van der Waals surface area (Å²) in [4.78, 5) is 1.24. The van der Waals surface area contributed by atoms with Crippen LogP contribution in [-0.4, -0.2) is 0 Å². The molecular weight excluding hydrogens is 332 g/mol. The topological polar surface area (TPSA) is 49.8 Å². The first-order valence-corrected chi connectivity index (χ1v) is 9.60. The van der Waals surface area contributed by atoms with Crippen LogP contribution in [0.2, 0.25) is 0 Å². The molecule has 1 aromatic heterocycles. The van der Waals surface area contributed by atoms with E-state index in [2.05, 4.69) is 54.6 Å². The average molecular weight is 348 g/mol.